The Morgan fingerprint density at radius 2 is 1.44 bits per heavy atom. The van der Waals surface area contributed by atoms with E-state index in [0.29, 0.717) is 19.6 Å². The number of aliphatic carboxylic acids is 1. The van der Waals surface area contributed by atoms with Gasteiger partial charge in [0.1, 0.15) is 5.69 Å². The number of hydrogen-bond acceptors (Lipinski definition) is 7. The van der Waals surface area contributed by atoms with Gasteiger partial charge in [-0.15, -0.1) is 0 Å². The molecule has 0 atom stereocenters. The number of rotatable bonds is 9. The predicted molar refractivity (Wildman–Crippen MR) is 134 cm³/mol. The Balaban J connectivity index is 0.000000532. The molecule has 0 unspecified atom stereocenters. The molecule has 4 aromatic rings. The van der Waals surface area contributed by atoms with E-state index >= 15 is 0 Å². The number of aromatic nitrogens is 5. The second-order valence-corrected chi connectivity index (χ2v) is 8.22. The number of halogens is 3. The number of benzene rings is 1. The second kappa shape index (κ2) is 13.8. The molecule has 1 aromatic carbocycles. The van der Waals surface area contributed by atoms with E-state index in [0.717, 1.165) is 28.5 Å². The fraction of sp³-hybridized carbons (Fsp3) is 0.231. The van der Waals surface area contributed by atoms with Gasteiger partial charge in [-0.25, -0.2) is 4.79 Å². The standard InChI is InChI=1S/C24H25N7O.C2HF3O2/c1-19-23(29-31(28-19)22-11-3-2-4-12-22)15-27-24(32)18-30(16-20-9-5-7-13-25-20)17-21-10-6-8-14-26-21;3-2(4,5)1(6)7/h2-14H,15-18H2,1H3,(H,27,32);(H,6,7). The van der Waals surface area contributed by atoms with Crippen LogP contribution in [0.1, 0.15) is 22.8 Å². The molecule has 2 N–H and O–H groups in total. The minimum atomic E-state index is -5.08. The minimum absolute atomic E-state index is 0.0921. The molecule has 0 bridgehead atoms. The molecule has 204 valence electrons. The summed E-state index contributed by atoms with van der Waals surface area (Å²) < 4.78 is 31.7. The highest BCUT2D eigenvalue weighted by molar-refractivity contribution is 5.78. The molecule has 10 nitrogen and oxygen atoms in total. The molecule has 0 aliphatic rings. The molecule has 0 radical (unpaired) electrons. The highest BCUT2D eigenvalue weighted by atomic mass is 19.4. The quantitative estimate of drug-likeness (QED) is 0.331. The van der Waals surface area contributed by atoms with Gasteiger partial charge in [0.05, 0.1) is 35.9 Å². The van der Waals surface area contributed by atoms with Gasteiger partial charge in [-0.3, -0.25) is 19.7 Å². The molecule has 0 aliphatic carbocycles. The Labute approximate surface area is 222 Å². The number of carbonyl (C=O) groups excluding carboxylic acids is 1. The summed E-state index contributed by atoms with van der Waals surface area (Å²) in [5.41, 5.74) is 4.21. The van der Waals surface area contributed by atoms with Gasteiger partial charge in [0.25, 0.3) is 0 Å². The average molecular weight is 542 g/mol. The van der Waals surface area contributed by atoms with Crippen molar-refractivity contribution in [1.82, 2.24) is 35.2 Å². The normalized spacial score (nSPS) is 11.0. The maximum atomic E-state index is 12.7. The molecule has 0 aliphatic heterocycles. The largest absolute Gasteiger partial charge is 0.490 e. The summed E-state index contributed by atoms with van der Waals surface area (Å²) in [4.78, 5) is 34.0. The van der Waals surface area contributed by atoms with Crippen LogP contribution in [-0.2, 0) is 29.2 Å². The maximum absolute atomic E-state index is 12.7. The summed E-state index contributed by atoms with van der Waals surface area (Å²) in [7, 11) is 0. The fourth-order valence-corrected chi connectivity index (χ4v) is 3.30. The highest BCUT2D eigenvalue weighted by Crippen LogP contribution is 2.13. The number of carboxylic acid groups (broad SMARTS) is 1. The van der Waals surface area contributed by atoms with Crippen LogP contribution in [0.2, 0.25) is 0 Å². The van der Waals surface area contributed by atoms with Gasteiger partial charge in [-0.2, -0.15) is 28.2 Å². The van der Waals surface area contributed by atoms with Gasteiger partial charge in [-0.05, 0) is 43.3 Å². The van der Waals surface area contributed by atoms with E-state index < -0.39 is 12.1 Å². The molecule has 1 amide bonds. The smallest absolute Gasteiger partial charge is 0.475 e. The van der Waals surface area contributed by atoms with Crippen molar-refractivity contribution in [1.29, 1.82) is 0 Å². The van der Waals surface area contributed by atoms with E-state index in [4.69, 9.17) is 9.90 Å². The second-order valence-electron chi connectivity index (χ2n) is 8.22. The van der Waals surface area contributed by atoms with E-state index in [1.165, 1.54) is 0 Å². The van der Waals surface area contributed by atoms with Crippen LogP contribution in [0.25, 0.3) is 5.69 Å². The molecule has 0 fully saturated rings. The first-order chi connectivity index (χ1) is 18.6. The SMILES string of the molecule is Cc1nn(-c2ccccc2)nc1CNC(=O)CN(Cc1ccccn1)Cc1ccccn1.O=C(O)C(F)(F)F. The van der Waals surface area contributed by atoms with Gasteiger partial charge in [0.2, 0.25) is 5.91 Å². The number of para-hydroxylation sites is 1. The first kappa shape index (κ1) is 28.9. The Morgan fingerprint density at radius 3 is 1.92 bits per heavy atom. The molecule has 0 spiro atoms. The summed E-state index contributed by atoms with van der Waals surface area (Å²) in [6.45, 7) is 3.53. The monoisotopic (exact) mass is 541 g/mol. The number of carboxylic acids is 1. The molecular weight excluding hydrogens is 515 g/mol. The van der Waals surface area contributed by atoms with Crippen LogP contribution in [-0.4, -0.2) is 59.6 Å². The minimum Gasteiger partial charge on any atom is -0.475 e. The number of nitrogens with zero attached hydrogens (tertiary/aromatic N) is 6. The lowest BCUT2D eigenvalue weighted by atomic mass is 10.2. The van der Waals surface area contributed by atoms with Crippen molar-refractivity contribution < 1.29 is 27.9 Å². The number of alkyl halides is 3. The van der Waals surface area contributed by atoms with Gasteiger partial charge >= 0.3 is 12.1 Å². The van der Waals surface area contributed by atoms with Crippen LogP contribution in [0.15, 0.2) is 79.1 Å². The Kier molecular flexibility index (Phi) is 10.2. The zero-order chi connectivity index (χ0) is 28.3. The lowest BCUT2D eigenvalue weighted by Gasteiger charge is -2.21. The molecule has 0 saturated carbocycles. The van der Waals surface area contributed by atoms with E-state index in [1.807, 2.05) is 78.6 Å². The zero-order valence-electron chi connectivity index (χ0n) is 20.9. The zero-order valence-corrected chi connectivity index (χ0v) is 20.9. The molecule has 0 saturated heterocycles. The summed E-state index contributed by atoms with van der Waals surface area (Å²) in [6.07, 6.45) is -1.57. The predicted octanol–water partition coefficient (Wildman–Crippen LogP) is 3.32. The number of carbonyl (C=O) groups is 2. The van der Waals surface area contributed by atoms with Crippen molar-refractivity contribution in [2.45, 2.75) is 32.7 Å². The van der Waals surface area contributed by atoms with E-state index in [2.05, 4.69) is 25.5 Å². The maximum Gasteiger partial charge on any atom is 0.490 e. The van der Waals surface area contributed by atoms with Gasteiger partial charge < -0.3 is 10.4 Å². The van der Waals surface area contributed by atoms with Crippen LogP contribution in [0.3, 0.4) is 0 Å². The Bertz CT molecular complexity index is 1290. The first-order valence-electron chi connectivity index (χ1n) is 11.7. The van der Waals surface area contributed by atoms with Gasteiger partial charge in [0.15, 0.2) is 0 Å². The lowest BCUT2D eigenvalue weighted by Crippen LogP contribution is -2.36. The van der Waals surface area contributed by atoms with E-state index in [1.54, 1.807) is 17.2 Å². The summed E-state index contributed by atoms with van der Waals surface area (Å²) >= 11 is 0. The fourth-order valence-electron chi connectivity index (χ4n) is 3.30. The van der Waals surface area contributed by atoms with Crippen LogP contribution in [0.4, 0.5) is 13.2 Å². The van der Waals surface area contributed by atoms with Crippen LogP contribution >= 0.6 is 0 Å². The third kappa shape index (κ3) is 9.63. The first-order valence-corrected chi connectivity index (χ1v) is 11.7. The molecule has 3 heterocycles. The number of aryl methyl sites for hydroxylation is 1. The van der Waals surface area contributed by atoms with Crippen molar-refractivity contribution >= 4 is 11.9 Å². The molecule has 39 heavy (non-hydrogen) atoms. The van der Waals surface area contributed by atoms with E-state index in [-0.39, 0.29) is 12.5 Å². The molecule has 13 heteroatoms. The van der Waals surface area contributed by atoms with Crippen LogP contribution in [0.5, 0.6) is 0 Å². The third-order valence-electron chi connectivity index (χ3n) is 5.15. The topological polar surface area (TPSA) is 126 Å². The molecule has 4 rings (SSSR count). The number of nitrogens with one attached hydrogen (secondary N) is 1. The van der Waals surface area contributed by atoms with Gasteiger partial charge in [0, 0.05) is 25.5 Å². The van der Waals surface area contributed by atoms with E-state index in [9.17, 15) is 18.0 Å². The molecule has 3 aromatic heterocycles. The van der Waals surface area contributed by atoms with Crippen molar-refractivity contribution in [2.75, 3.05) is 6.54 Å². The van der Waals surface area contributed by atoms with Crippen molar-refractivity contribution in [3.63, 3.8) is 0 Å². The Morgan fingerprint density at radius 1 is 0.897 bits per heavy atom. The van der Waals surface area contributed by atoms with Crippen LogP contribution in [0, 0.1) is 6.92 Å². The average Bonchev–Trinajstić information content (AvgIpc) is 3.29. The number of pyridine rings is 2. The van der Waals surface area contributed by atoms with Gasteiger partial charge in [-0.1, -0.05) is 30.3 Å². The van der Waals surface area contributed by atoms with Crippen molar-refractivity contribution in [3.8, 4) is 5.69 Å². The number of hydrogen-bond donors (Lipinski definition) is 2. The Hall–Kier alpha value is -4.65. The van der Waals surface area contributed by atoms with Crippen molar-refractivity contribution in [2.24, 2.45) is 0 Å². The molecular formula is C26H26F3N7O3. The summed E-state index contributed by atoms with van der Waals surface area (Å²) in [5.74, 6) is -2.85. The summed E-state index contributed by atoms with van der Waals surface area (Å²) in [5, 5.41) is 19.1. The third-order valence-corrected chi connectivity index (χ3v) is 5.15. The van der Waals surface area contributed by atoms with Crippen molar-refractivity contribution in [3.05, 3.63) is 102 Å². The highest BCUT2D eigenvalue weighted by Gasteiger charge is 2.38. The lowest BCUT2D eigenvalue weighted by molar-refractivity contribution is -0.192. The van der Waals surface area contributed by atoms with Crippen LogP contribution < -0.4 is 5.32 Å². The number of amides is 1. The summed E-state index contributed by atoms with van der Waals surface area (Å²) in [6, 6.07) is 21.3.